The molecule has 1 aliphatic heterocycles. The molecule has 1 aliphatic rings. The van der Waals surface area contributed by atoms with Gasteiger partial charge in [0.15, 0.2) is 0 Å². The lowest BCUT2D eigenvalue weighted by atomic mass is 10.1. The summed E-state index contributed by atoms with van der Waals surface area (Å²) in [6.45, 7) is 3.67. The predicted molar refractivity (Wildman–Crippen MR) is 52.0 cm³/mol. The minimum Gasteiger partial charge on any atom is -0.358 e. The minimum absolute atomic E-state index is 1.00. The van der Waals surface area contributed by atoms with Crippen LogP contribution in [0.5, 0.6) is 0 Å². The van der Waals surface area contributed by atoms with Crippen molar-refractivity contribution in [3.05, 3.63) is 54.3 Å². The van der Waals surface area contributed by atoms with Crippen molar-refractivity contribution in [2.45, 2.75) is 6.42 Å². The topological polar surface area (TPSA) is 12.0 Å². The molecule has 0 bridgehead atoms. The average Bonchev–Trinajstić information content (AvgIpc) is 2.47. The van der Waals surface area contributed by atoms with Gasteiger partial charge in [0.2, 0.25) is 0 Å². The van der Waals surface area contributed by atoms with Crippen LogP contribution in [0.4, 0.5) is 5.69 Å². The number of para-hydroxylation sites is 1. The van der Waals surface area contributed by atoms with Gasteiger partial charge in [-0.15, -0.1) is 0 Å². The molecule has 1 aromatic carbocycles. The lowest BCUT2D eigenvalue weighted by molar-refractivity contribution is 1.25. The molecule has 0 saturated heterocycles. The molecule has 0 amide bonds. The van der Waals surface area contributed by atoms with Crippen molar-refractivity contribution in [2.24, 2.45) is 0 Å². The minimum atomic E-state index is 1.00. The lowest BCUT2D eigenvalue weighted by Gasteiger charge is -1.96. The molecule has 0 atom stereocenters. The Morgan fingerprint density at radius 2 is 2.17 bits per heavy atom. The first-order chi connectivity index (χ1) is 5.90. The van der Waals surface area contributed by atoms with E-state index in [0.29, 0.717) is 0 Å². The van der Waals surface area contributed by atoms with Gasteiger partial charge in [0.05, 0.1) is 0 Å². The van der Waals surface area contributed by atoms with Crippen molar-refractivity contribution in [2.75, 3.05) is 5.32 Å². The summed E-state index contributed by atoms with van der Waals surface area (Å²) in [6, 6.07) is 8.35. The summed E-state index contributed by atoms with van der Waals surface area (Å²) >= 11 is 0. The largest absolute Gasteiger partial charge is 0.358 e. The van der Waals surface area contributed by atoms with E-state index in [4.69, 9.17) is 0 Å². The molecule has 1 nitrogen and oxygen atoms in total. The zero-order valence-electron chi connectivity index (χ0n) is 6.88. The molecule has 0 saturated carbocycles. The maximum atomic E-state index is 3.67. The van der Waals surface area contributed by atoms with Crippen molar-refractivity contribution in [3.8, 4) is 0 Å². The van der Waals surface area contributed by atoms with Crippen molar-refractivity contribution in [1.29, 1.82) is 0 Å². The first kappa shape index (κ1) is 7.17. The highest BCUT2D eigenvalue weighted by atomic mass is 14.9. The molecule has 0 unspecified atom stereocenters. The number of hydrogen-bond acceptors (Lipinski definition) is 1. The second kappa shape index (κ2) is 2.86. The second-order valence-corrected chi connectivity index (χ2v) is 2.89. The number of allylic oxidation sites excluding steroid dienone is 3. The Hall–Kier alpha value is -1.50. The van der Waals surface area contributed by atoms with Gasteiger partial charge in [-0.25, -0.2) is 0 Å². The zero-order chi connectivity index (χ0) is 8.39. The number of nitrogens with one attached hydrogen (secondary N) is 1. The highest BCUT2D eigenvalue weighted by molar-refractivity contribution is 5.62. The summed E-state index contributed by atoms with van der Waals surface area (Å²) in [5.74, 6) is 0. The fourth-order valence-electron chi connectivity index (χ4n) is 1.46. The van der Waals surface area contributed by atoms with E-state index < -0.39 is 0 Å². The van der Waals surface area contributed by atoms with Gasteiger partial charge in [-0.1, -0.05) is 30.9 Å². The van der Waals surface area contributed by atoms with E-state index in [0.717, 1.165) is 6.42 Å². The summed E-state index contributed by atoms with van der Waals surface area (Å²) in [7, 11) is 0. The molecule has 1 N–H and O–H groups in total. The molecule has 1 heteroatoms. The van der Waals surface area contributed by atoms with Gasteiger partial charge in [0.1, 0.15) is 0 Å². The highest BCUT2D eigenvalue weighted by Gasteiger charge is 2.11. The Morgan fingerprint density at radius 1 is 1.33 bits per heavy atom. The standard InChI is InChI=1S/C11H11N/c1-2-5-10-8-9-6-3-4-7-11(9)12-10/h2-7,12H,1,8H2. The van der Waals surface area contributed by atoms with Crippen LogP contribution in [0.15, 0.2) is 48.7 Å². The Balaban J connectivity index is 2.33. The number of rotatable bonds is 1. The zero-order valence-corrected chi connectivity index (χ0v) is 6.88. The van der Waals surface area contributed by atoms with E-state index in [9.17, 15) is 0 Å². The molecule has 1 aromatic rings. The van der Waals surface area contributed by atoms with Gasteiger partial charge >= 0.3 is 0 Å². The van der Waals surface area contributed by atoms with Crippen LogP contribution < -0.4 is 5.32 Å². The third-order valence-electron chi connectivity index (χ3n) is 2.01. The summed E-state index contributed by atoms with van der Waals surface area (Å²) in [5, 5.41) is 3.33. The van der Waals surface area contributed by atoms with Crippen LogP contribution in [0.25, 0.3) is 0 Å². The van der Waals surface area contributed by atoms with Gasteiger partial charge in [-0.2, -0.15) is 0 Å². The Kier molecular flexibility index (Phi) is 1.71. The smallest absolute Gasteiger partial charge is 0.0418 e. The molecule has 1 heterocycles. The normalized spacial score (nSPS) is 17.2. The van der Waals surface area contributed by atoms with Crippen molar-refractivity contribution < 1.29 is 0 Å². The maximum absolute atomic E-state index is 3.67. The molecular formula is C11H11N. The second-order valence-electron chi connectivity index (χ2n) is 2.89. The van der Waals surface area contributed by atoms with Crippen molar-refractivity contribution >= 4 is 5.69 Å². The number of anilines is 1. The van der Waals surface area contributed by atoms with Gasteiger partial charge < -0.3 is 5.32 Å². The van der Waals surface area contributed by atoms with E-state index in [1.165, 1.54) is 16.9 Å². The van der Waals surface area contributed by atoms with E-state index in [1.807, 2.05) is 18.2 Å². The monoisotopic (exact) mass is 157 g/mol. The predicted octanol–water partition coefficient (Wildman–Crippen LogP) is 2.72. The number of fused-ring (bicyclic) bond motifs is 1. The number of benzene rings is 1. The first-order valence-electron chi connectivity index (χ1n) is 4.06. The van der Waals surface area contributed by atoms with Gasteiger partial charge in [0, 0.05) is 17.8 Å². The summed E-state index contributed by atoms with van der Waals surface area (Å²) in [6.07, 6.45) is 4.83. The molecule has 0 radical (unpaired) electrons. The summed E-state index contributed by atoms with van der Waals surface area (Å²) in [5.41, 5.74) is 3.82. The molecule has 0 spiro atoms. The maximum Gasteiger partial charge on any atom is 0.0418 e. The Morgan fingerprint density at radius 3 is 2.92 bits per heavy atom. The van der Waals surface area contributed by atoms with Gasteiger partial charge in [0.25, 0.3) is 0 Å². The fraction of sp³-hybridized carbons (Fsp3) is 0.0909. The van der Waals surface area contributed by atoms with Crippen LogP contribution in [0.3, 0.4) is 0 Å². The SMILES string of the molecule is C=CC=C1Cc2ccccc2N1. The van der Waals surface area contributed by atoms with E-state index >= 15 is 0 Å². The van der Waals surface area contributed by atoms with E-state index in [1.54, 1.807) is 0 Å². The van der Waals surface area contributed by atoms with E-state index in [-0.39, 0.29) is 0 Å². The van der Waals surface area contributed by atoms with Crippen LogP contribution >= 0.6 is 0 Å². The molecule has 0 aromatic heterocycles. The Bertz CT molecular complexity index is 310. The third-order valence-corrected chi connectivity index (χ3v) is 2.01. The summed E-state index contributed by atoms with van der Waals surface area (Å²) in [4.78, 5) is 0. The van der Waals surface area contributed by atoms with Crippen LogP contribution in [0, 0.1) is 0 Å². The van der Waals surface area contributed by atoms with Crippen molar-refractivity contribution in [1.82, 2.24) is 0 Å². The molecule has 12 heavy (non-hydrogen) atoms. The molecule has 0 aliphatic carbocycles. The first-order valence-corrected chi connectivity index (χ1v) is 4.06. The Labute approximate surface area is 72.4 Å². The fourth-order valence-corrected chi connectivity index (χ4v) is 1.46. The van der Waals surface area contributed by atoms with Gasteiger partial charge in [-0.05, 0) is 17.7 Å². The van der Waals surface area contributed by atoms with Crippen LogP contribution in [-0.4, -0.2) is 0 Å². The quantitative estimate of drug-likeness (QED) is 0.661. The average molecular weight is 157 g/mol. The van der Waals surface area contributed by atoms with Crippen LogP contribution in [0.2, 0.25) is 0 Å². The number of hydrogen-bond donors (Lipinski definition) is 1. The third kappa shape index (κ3) is 1.14. The highest BCUT2D eigenvalue weighted by Crippen LogP contribution is 2.26. The summed E-state index contributed by atoms with van der Waals surface area (Å²) < 4.78 is 0. The van der Waals surface area contributed by atoms with Gasteiger partial charge in [-0.3, -0.25) is 0 Å². The van der Waals surface area contributed by atoms with E-state index in [2.05, 4.69) is 30.1 Å². The van der Waals surface area contributed by atoms with Crippen LogP contribution in [0.1, 0.15) is 5.56 Å². The molecule has 2 rings (SSSR count). The molecule has 60 valence electrons. The molecular weight excluding hydrogens is 146 g/mol. The molecule has 0 fully saturated rings. The van der Waals surface area contributed by atoms with Crippen LogP contribution in [-0.2, 0) is 6.42 Å². The van der Waals surface area contributed by atoms with Crippen molar-refractivity contribution in [3.63, 3.8) is 0 Å². The lowest BCUT2D eigenvalue weighted by Crippen LogP contribution is -1.89.